The van der Waals surface area contributed by atoms with Crippen molar-refractivity contribution in [2.45, 2.75) is 11.4 Å². The lowest BCUT2D eigenvalue weighted by atomic mass is 10.4. The summed E-state index contributed by atoms with van der Waals surface area (Å²) in [5, 5.41) is 3.12. The summed E-state index contributed by atoms with van der Waals surface area (Å²) < 4.78 is 27.7. The maximum atomic E-state index is 12.3. The first-order valence-electron chi connectivity index (χ1n) is 7.84. The summed E-state index contributed by atoms with van der Waals surface area (Å²) >= 11 is 3.46. The van der Waals surface area contributed by atoms with Crippen LogP contribution in [0, 0.1) is 0 Å². The predicted molar refractivity (Wildman–Crippen MR) is 104 cm³/mol. The third kappa shape index (κ3) is 5.34. The molecule has 2 rings (SSSR count). The van der Waals surface area contributed by atoms with Gasteiger partial charge in [-0.25, -0.2) is 8.42 Å². The molecule has 1 heterocycles. The van der Waals surface area contributed by atoms with Gasteiger partial charge in [0.1, 0.15) is 0 Å². The van der Waals surface area contributed by atoms with E-state index in [2.05, 4.69) is 26.2 Å². The Morgan fingerprint density at radius 1 is 1.32 bits per heavy atom. The Hall–Kier alpha value is -1.80. The third-order valence-electron chi connectivity index (χ3n) is 3.80. The molecule has 0 saturated heterocycles. The molecule has 0 unspecified atom stereocenters. The molecule has 0 spiro atoms. The number of nitrogens with one attached hydrogen (secondary N) is 1. The number of nitrogens with zero attached hydrogens (tertiary/aromatic N) is 3. The molecule has 8 heteroatoms. The molecule has 0 radical (unpaired) electrons. The minimum atomic E-state index is -3.30. The van der Waals surface area contributed by atoms with Crippen LogP contribution in [-0.4, -0.2) is 50.2 Å². The Kier molecular flexibility index (Phi) is 6.66. The zero-order chi connectivity index (χ0) is 18.4. The van der Waals surface area contributed by atoms with Crippen molar-refractivity contribution >= 4 is 31.7 Å². The standard InChI is InChI=1S/C17H23BrN4O2S/c1-19-17(22(3)13-15-11-14(18)12-21(15)2)20-9-10-25(23,24)16-7-5-4-6-8-16/h4-8,11-12H,9-10,13H2,1-3H3,(H,19,20). The summed E-state index contributed by atoms with van der Waals surface area (Å²) in [4.78, 5) is 6.53. The van der Waals surface area contributed by atoms with Gasteiger partial charge in [0.2, 0.25) is 0 Å². The molecule has 0 amide bonds. The van der Waals surface area contributed by atoms with Crippen LogP contribution >= 0.6 is 15.9 Å². The van der Waals surface area contributed by atoms with Crippen LogP contribution in [0.5, 0.6) is 0 Å². The van der Waals surface area contributed by atoms with E-state index >= 15 is 0 Å². The van der Waals surface area contributed by atoms with Gasteiger partial charge in [0, 0.05) is 44.1 Å². The van der Waals surface area contributed by atoms with Gasteiger partial charge in [-0.05, 0) is 34.1 Å². The molecule has 0 bridgehead atoms. The van der Waals surface area contributed by atoms with Crippen LogP contribution in [0.1, 0.15) is 5.69 Å². The van der Waals surface area contributed by atoms with E-state index in [0.29, 0.717) is 23.9 Å². The van der Waals surface area contributed by atoms with Crippen molar-refractivity contribution < 1.29 is 8.42 Å². The third-order valence-corrected chi connectivity index (χ3v) is 5.97. The molecule has 2 aromatic rings. The van der Waals surface area contributed by atoms with Gasteiger partial charge >= 0.3 is 0 Å². The van der Waals surface area contributed by atoms with E-state index in [1.54, 1.807) is 37.4 Å². The Bertz CT molecular complexity index is 832. The number of benzene rings is 1. The Morgan fingerprint density at radius 3 is 2.56 bits per heavy atom. The number of guanidine groups is 1. The van der Waals surface area contributed by atoms with Crippen LogP contribution in [0.2, 0.25) is 0 Å². The van der Waals surface area contributed by atoms with Crippen molar-refractivity contribution in [3.63, 3.8) is 0 Å². The highest BCUT2D eigenvalue weighted by Gasteiger charge is 2.15. The van der Waals surface area contributed by atoms with Crippen molar-refractivity contribution in [2.24, 2.45) is 12.0 Å². The van der Waals surface area contributed by atoms with Crippen LogP contribution < -0.4 is 5.32 Å². The van der Waals surface area contributed by atoms with Crippen molar-refractivity contribution in [1.82, 2.24) is 14.8 Å². The largest absolute Gasteiger partial charge is 0.355 e. The van der Waals surface area contributed by atoms with Gasteiger partial charge < -0.3 is 14.8 Å². The van der Waals surface area contributed by atoms with E-state index < -0.39 is 9.84 Å². The number of hydrogen-bond acceptors (Lipinski definition) is 3. The number of hydrogen-bond donors (Lipinski definition) is 1. The first-order valence-corrected chi connectivity index (χ1v) is 10.3. The van der Waals surface area contributed by atoms with Gasteiger partial charge in [-0.3, -0.25) is 4.99 Å². The van der Waals surface area contributed by atoms with Gasteiger partial charge in [0.25, 0.3) is 0 Å². The number of rotatable bonds is 6. The molecule has 0 aliphatic rings. The zero-order valence-corrected chi connectivity index (χ0v) is 17.0. The van der Waals surface area contributed by atoms with E-state index in [0.717, 1.165) is 10.2 Å². The fourth-order valence-corrected chi connectivity index (χ4v) is 4.22. The van der Waals surface area contributed by atoms with Crippen LogP contribution in [0.15, 0.2) is 57.0 Å². The second-order valence-electron chi connectivity index (χ2n) is 5.72. The topological polar surface area (TPSA) is 66.7 Å². The second-order valence-corrected chi connectivity index (χ2v) is 8.75. The van der Waals surface area contributed by atoms with Gasteiger partial charge in [-0.2, -0.15) is 0 Å². The van der Waals surface area contributed by atoms with Crippen molar-refractivity contribution in [2.75, 3.05) is 26.4 Å². The molecular weight excluding hydrogens is 404 g/mol. The summed E-state index contributed by atoms with van der Waals surface area (Å²) in [6, 6.07) is 10.5. The number of aliphatic imine (C=N–C) groups is 1. The average Bonchev–Trinajstić information content (AvgIpc) is 2.89. The molecule has 0 aliphatic heterocycles. The Labute approximate surface area is 157 Å². The minimum Gasteiger partial charge on any atom is -0.355 e. The van der Waals surface area contributed by atoms with Crippen LogP contribution in [0.4, 0.5) is 0 Å². The quantitative estimate of drug-likeness (QED) is 0.568. The number of aryl methyl sites for hydroxylation is 1. The first-order chi connectivity index (χ1) is 11.8. The smallest absolute Gasteiger partial charge is 0.193 e. The fourth-order valence-electron chi connectivity index (χ4n) is 2.47. The summed E-state index contributed by atoms with van der Waals surface area (Å²) in [5.74, 6) is 0.667. The Morgan fingerprint density at radius 2 is 2.00 bits per heavy atom. The van der Waals surface area contributed by atoms with E-state index in [1.807, 2.05) is 35.8 Å². The van der Waals surface area contributed by atoms with Crippen LogP contribution in [0.3, 0.4) is 0 Å². The predicted octanol–water partition coefficient (Wildman–Crippen LogP) is 2.27. The molecule has 25 heavy (non-hydrogen) atoms. The van der Waals surface area contributed by atoms with E-state index in [9.17, 15) is 8.42 Å². The van der Waals surface area contributed by atoms with Gasteiger partial charge in [0.05, 0.1) is 17.2 Å². The molecule has 1 aromatic carbocycles. The normalized spacial score (nSPS) is 12.2. The molecule has 1 N–H and O–H groups in total. The average molecular weight is 427 g/mol. The monoisotopic (exact) mass is 426 g/mol. The van der Waals surface area contributed by atoms with Crippen molar-refractivity contribution in [3.8, 4) is 0 Å². The lowest BCUT2D eigenvalue weighted by Crippen LogP contribution is -2.40. The first kappa shape index (κ1) is 19.5. The maximum Gasteiger partial charge on any atom is 0.193 e. The number of sulfone groups is 1. The highest BCUT2D eigenvalue weighted by atomic mass is 79.9. The summed E-state index contributed by atoms with van der Waals surface area (Å²) in [7, 11) is 2.29. The van der Waals surface area contributed by atoms with Crippen LogP contribution in [-0.2, 0) is 23.4 Å². The summed E-state index contributed by atoms with van der Waals surface area (Å²) in [5.41, 5.74) is 1.12. The van der Waals surface area contributed by atoms with Gasteiger partial charge in [0.15, 0.2) is 15.8 Å². The minimum absolute atomic E-state index is 0.0135. The Balaban J connectivity index is 1.93. The lowest BCUT2D eigenvalue weighted by molar-refractivity contribution is 0.463. The highest BCUT2D eigenvalue weighted by Crippen LogP contribution is 2.15. The van der Waals surface area contributed by atoms with Crippen molar-refractivity contribution in [1.29, 1.82) is 0 Å². The molecule has 0 atom stereocenters. The highest BCUT2D eigenvalue weighted by molar-refractivity contribution is 9.10. The molecule has 0 aliphatic carbocycles. The molecule has 1 aromatic heterocycles. The SMILES string of the molecule is CN=C(NCCS(=O)(=O)c1ccccc1)N(C)Cc1cc(Br)cn1C. The second kappa shape index (κ2) is 8.53. The van der Waals surface area contributed by atoms with Gasteiger partial charge in [-0.15, -0.1) is 0 Å². The van der Waals surface area contributed by atoms with Crippen LogP contribution in [0.25, 0.3) is 0 Å². The molecule has 0 fully saturated rings. The summed E-state index contributed by atoms with van der Waals surface area (Å²) in [6.45, 7) is 0.957. The van der Waals surface area contributed by atoms with E-state index in [4.69, 9.17) is 0 Å². The zero-order valence-electron chi connectivity index (χ0n) is 14.6. The van der Waals surface area contributed by atoms with Crippen molar-refractivity contribution in [3.05, 3.63) is 52.8 Å². The fraction of sp³-hybridized carbons (Fsp3) is 0.353. The molecule has 6 nitrogen and oxygen atoms in total. The van der Waals surface area contributed by atoms with E-state index in [1.165, 1.54) is 0 Å². The van der Waals surface area contributed by atoms with Gasteiger partial charge in [-0.1, -0.05) is 18.2 Å². The van der Waals surface area contributed by atoms with E-state index in [-0.39, 0.29) is 5.75 Å². The molecule has 136 valence electrons. The maximum absolute atomic E-state index is 12.3. The molecular formula is C17H23BrN4O2S. The number of aromatic nitrogens is 1. The summed E-state index contributed by atoms with van der Waals surface area (Å²) in [6.07, 6.45) is 1.99. The molecule has 0 saturated carbocycles. The lowest BCUT2D eigenvalue weighted by Gasteiger charge is -2.22. The number of halogens is 1.